The Balaban J connectivity index is 1.87. The highest BCUT2D eigenvalue weighted by atomic mass is 79.9. The van der Waals surface area contributed by atoms with Gasteiger partial charge in [0.2, 0.25) is 15.9 Å². The number of anilines is 1. The fourth-order valence-electron chi connectivity index (χ4n) is 3.20. The van der Waals surface area contributed by atoms with Gasteiger partial charge in [-0.15, -0.1) is 0 Å². The molecular formula is C24H25BrN2O4S. The van der Waals surface area contributed by atoms with Crippen molar-refractivity contribution in [2.75, 3.05) is 11.9 Å². The minimum atomic E-state index is -3.95. The smallest absolute Gasteiger partial charge is 0.242 e. The van der Waals surface area contributed by atoms with Crippen LogP contribution in [0.3, 0.4) is 0 Å². The second kappa shape index (κ2) is 10.8. The van der Waals surface area contributed by atoms with Crippen LogP contribution >= 0.6 is 15.9 Å². The van der Waals surface area contributed by atoms with Gasteiger partial charge in [0.05, 0.1) is 11.5 Å². The van der Waals surface area contributed by atoms with Crippen LogP contribution in [0.15, 0.2) is 82.2 Å². The Morgan fingerprint density at radius 1 is 1.03 bits per heavy atom. The molecule has 8 heteroatoms. The first-order chi connectivity index (χ1) is 15.3. The van der Waals surface area contributed by atoms with Crippen molar-refractivity contribution in [1.82, 2.24) is 4.72 Å². The van der Waals surface area contributed by atoms with Crippen molar-refractivity contribution in [3.05, 3.63) is 88.4 Å². The number of hydrogen-bond donors (Lipinski definition) is 2. The van der Waals surface area contributed by atoms with Gasteiger partial charge in [-0.3, -0.25) is 4.79 Å². The van der Waals surface area contributed by atoms with Crippen molar-refractivity contribution in [3.8, 4) is 5.75 Å². The zero-order valence-corrected chi connectivity index (χ0v) is 20.2. The van der Waals surface area contributed by atoms with E-state index in [1.807, 2.05) is 43.3 Å². The summed E-state index contributed by atoms with van der Waals surface area (Å²) in [7, 11) is -3.95. The van der Waals surface area contributed by atoms with Crippen LogP contribution < -0.4 is 14.8 Å². The molecule has 0 saturated carbocycles. The fraction of sp³-hybridized carbons (Fsp3) is 0.208. The first kappa shape index (κ1) is 24.0. The highest BCUT2D eigenvalue weighted by Crippen LogP contribution is 2.22. The molecule has 0 aromatic heterocycles. The number of nitrogens with one attached hydrogen (secondary N) is 2. The molecule has 0 saturated heterocycles. The maximum absolute atomic E-state index is 13.1. The number of halogens is 1. The lowest BCUT2D eigenvalue weighted by Gasteiger charge is -2.19. The third-order valence-electron chi connectivity index (χ3n) is 4.75. The van der Waals surface area contributed by atoms with E-state index in [9.17, 15) is 13.2 Å². The molecule has 1 unspecified atom stereocenters. The molecule has 0 aliphatic heterocycles. The molecule has 32 heavy (non-hydrogen) atoms. The highest BCUT2D eigenvalue weighted by molar-refractivity contribution is 9.10. The average Bonchev–Trinajstić information content (AvgIpc) is 2.75. The minimum absolute atomic E-state index is 0.0757. The summed E-state index contributed by atoms with van der Waals surface area (Å²) in [4.78, 5) is 13.1. The topological polar surface area (TPSA) is 84.5 Å². The SMILES string of the molecule is CCOc1ccc(S(=O)(=O)NC(Cc2ccccc2)C(=O)Nc2cccc(Br)c2)cc1C. The number of ether oxygens (including phenoxy) is 1. The first-order valence-corrected chi connectivity index (χ1v) is 12.4. The summed E-state index contributed by atoms with van der Waals surface area (Å²) in [5, 5.41) is 2.80. The first-order valence-electron chi connectivity index (χ1n) is 10.1. The Kier molecular flexibility index (Phi) is 8.06. The molecule has 2 N–H and O–H groups in total. The van der Waals surface area contributed by atoms with Crippen LogP contribution in [-0.4, -0.2) is 27.0 Å². The van der Waals surface area contributed by atoms with Crippen molar-refractivity contribution >= 4 is 37.5 Å². The molecule has 168 valence electrons. The molecule has 6 nitrogen and oxygen atoms in total. The Morgan fingerprint density at radius 2 is 1.78 bits per heavy atom. The van der Waals surface area contributed by atoms with E-state index in [0.29, 0.717) is 23.6 Å². The van der Waals surface area contributed by atoms with Crippen molar-refractivity contribution in [1.29, 1.82) is 0 Å². The van der Waals surface area contributed by atoms with Crippen molar-refractivity contribution in [2.24, 2.45) is 0 Å². The van der Waals surface area contributed by atoms with E-state index in [2.05, 4.69) is 26.0 Å². The minimum Gasteiger partial charge on any atom is -0.494 e. The number of rotatable bonds is 9. The summed E-state index contributed by atoms with van der Waals surface area (Å²) in [6, 6.07) is 20.0. The van der Waals surface area contributed by atoms with Crippen molar-refractivity contribution < 1.29 is 17.9 Å². The molecule has 3 rings (SSSR count). The molecule has 0 aliphatic carbocycles. The standard InChI is InChI=1S/C24H25BrN2O4S/c1-3-31-23-13-12-21(14-17(23)2)32(29,30)27-22(15-18-8-5-4-6-9-18)24(28)26-20-11-7-10-19(25)16-20/h4-14,16,22,27H,3,15H2,1-2H3,(H,26,28). The fourth-order valence-corrected chi connectivity index (χ4v) is 4.87. The maximum atomic E-state index is 13.1. The zero-order chi connectivity index (χ0) is 23.1. The molecule has 3 aromatic carbocycles. The predicted octanol–water partition coefficient (Wildman–Crippen LogP) is 4.68. The molecule has 0 spiro atoms. The van der Waals surface area contributed by atoms with Gasteiger partial charge in [-0.2, -0.15) is 4.72 Å². The van der Waals surface area contributed by atoms with Crippen molar-refractivity contribution in [2.45, 2.75) is 31.2 Å². The monoisotopic (exact) mass is 516 g/mol. The van der Waals surface area contributed by atoms with Gasteiger partial charge in [-0.25, -0.2) is 8.42 Å². The van der Waals surface area contributed by atoms with Gasteiger partial charge in [0.15, 0.2) is 0 Å². The van der Waals surface area contributed by atoms with Crippen LogP contribution in [0.2, 0.25) is 0 Å². The van der Waals surface area contributed by atoms with Crippen LogP contribution in [0.5, 0.6) is 5.75 Å². The molecule has 1 atom stereocenters. The number of benzene rings is 3. The Labute approximate surface area is 197 Å². The zero-order valence-electron chi connectivity index (χ0n) is 17.8. The lowest BCUT2D eigenvalue weighted by atomic mass is 10.1. The highest BCUT2D eigenvalue weighted by Gasteiger charge is 2.26. The third kappa shape index (κ3) is 6.41. The number of amides is 1. The molecular weight excluding hydrogens is 492 g/mol. The second-order valence-electron chi connectivity index (χ2n) is 7.22. The quantitative estimate of drug-likeness (QED) is 0.432. The van der Waals surface area contributed by atoms with E-state index >= 15 is 0 Å². The van der Waals surface area contributed by atoms with Crippen LogP contribution in [-0.2, 0) is 21.2 Å². The summed E-state index contributed by atoms with van der Waals surface area (Å²) in [5.74, 6) is 0.179. The van der Waals surface area contributed by atoms with Crippen LogP contribution in [0.1, 0.15) is 18.1 Å². The molecule has 0 bridgehead atoms. The maximum Gasteiger partial charge on any atom is 0.242 e. The van der Waals surface area contributed by atoms with E-state index in [4.69, 9.17) is 4.74 Å². The van der Waals surface area contributed by atoms with Gasteiger partial charge < -0.3 is 10.1 Å². The van der Waals surface area contributed by atoms with Gasteiger partial charge in [0.1, 0.15) is 11.8 Å². The van der Waals surface area contributed by atoms with Crippen molar-refractivity contribution in [3.63, 3.8) is 0 Å². The summed E-state index contributed by atoms with van der Waals surface area (Å²) in [5.41, 5.74) is 2.11. The van der Waals surface area contributed by atoms with Gasteiger partial charge in [0.25, 0.3) is 0 Å². The van der Waals surface area contributed by atoms with E-state index < -0.39 is 22.0 Å². The average molecular weight is 517 g/mol. The van der Waals surface area contributed by atoms with Crippen LogP contribution in [0.4, 0.5) is 5.69 Å². The van der Waals surface area contributed by atoms with Gasteiger partial charge in [-0.05, 0) is 67.8 Å². The normalized spacial score (nSPS) is 12.2. The number of hydrogen-bond acceptors (Lipinski definition) is 4. The van der Waals surface area contributed by atoms with Crippen LogP contribution in [0, 0.1) is 6.92 Å². The Bertz CT molecular complexity index is 1180. The van der Waals surface area contributed by atoms with E-state index in [0.717, 1.165) is 10.0 Å². The second-order valence-corrected chi connectivity index (χ2v) is 9.85. The molecule has 3 aromatic rings. The number of sulfonamides is 1. The van der Waals surface area contributed by atoms with E-state index in [-0.39, 0.29) is 11.3 Å². The predicted molar refractivity (Wildman–Crippen MR) is 129 cm³/mol. The molecule has 0 aliphatic rings. The van der Waals surface area contributed by atoms with E-state index in [1.54, 1.807) is 37.3 Å². The van der Waals surface area contributed by atoms with Gasteiger partial charge in [-0.1, -0.05) is 52.3 Å². The summed E-state index contributed by atoms with van der Waals surface area (Å²) >= 11 is 3.37. The number of carbonyl (C=O) groups excluding carboxylic acids is 1. The third-order valence-corrected chi connectivity index (χ3v) is 6.71. The summed E-state index contributed by atoms with van der Waals surface area (Å²) in [6.45, 7) is 4.13. The van der Waals surface area contributed by atoms with Crippen LogP contribution in [0.25, 0.3) is 0 Å². The molecule has 0 radical (unpaired) electrons. The van der Waals surface area contributed by atoms with E-state index in [1.165, 1.54) is 6.07 Å². The molecule has 0 fully saturated rings. The molecule has 1 amide bonds. The number of carbonyl (C=O) groups is 1. The molecule has 0 heterocycles. The lowest BCUT2D eigenvalue weighted by Crippen LogP contribution is -2.45. The van der Waals surface area contributed by atoms with Gasteiger partial charge >= 0.3 is 0 Å². The van der Waals surface area contributed by atoms with Gasteiger partial charge in [0, 0.05) is 10.2 Å². The lowest BCUT2D eigenvalue weighted by molar-refractivity contribution is -0.117. The largest absolute Gasteiger partial charge is 0.494 e. The number of aryl methyl sites for hydroxylation is 1. The summed E-state index contributed by atoms with van der Waals surface area (Å²) < 4.78 is 35.1. The Morgan fingerprint density at radius 3 is 2.44 bits per heavy atom. The summed E-state index contributed by atoms with van der Waals surface area (Å²) in [6.07, 6.45) is 0.204. The Hall–Kier alpha value is -2.68.